The van der Waals surface area contributed by atoms with Crippen molar-refractivity contribution in [2.75, 3.05) is 5.32 Å². The van der Waals surface area contributed by atoms with Crippen LogP contribution in [-0.2, 0) is 6.54 Å². The molecule has 2 heterocycles. The molecule has 2 rings (SSSR count). The minimum Gasteiger partial charge on any atom is -0.478 e. The third-order valence-electron chi connectivity index (χ3n) is 2.48. The summed E-state index contributed by atoms with van der Waals surface area (Å²) in [5.74, 6) is -0.675. The van der Waals surface area contributed by atoms with Gasteiger partial charge in [0.15, 0.2) is 0 Å². The molecule has 0 aliphatic carbocycles. The molecule has 0 aliphatic rings. The van der Waals surface area contributed by atoms with Gasteiger partial charge in [-0.2, -0.15) is 5.10 Å². The van der Waals surface area contributed by atoms with Gasteiger partial charge in [-0.3, -0.25) is 4.68 Å². The quantitative estimate of drug-likeness (QED) is 0.863. The number of carboxylic acids is 1. The lowest BCUT2D eigenvalue weighted by atomic mass is 10.2. The average Bonchev–Trinajstić information content (AvgIpc) is 2.76. The molecule has 2 N–H and O–H groups in total. The number of hydrogen-bond donors (Lipinski definition) is 2. The van der Waals surface area contributed by atoms with E-state index in [9.17, 15) is 4.79 Å². The van der Waals surface area contributed by atoms with E-state index in [1.807, 2.05) is 13.8 Å². The first-order valence-electron chi connectivity index (χ1n) is 5.60. The Morgan fingerprint density at radius 1 is 1.50 bits per heavy atom. The number of rotatable bonds is 4. The van der Waals surface area contributed by atoms with Crippen molar-refractivity contribution in [1.82, 2.24) is 14.8 Å². The summed E-state index contributed by atoms with van der Waals surface area (Å²) in [5, 5.41) is 16.2. The van der Waals surface area contributed by atoms with Crippen molar-refractivity contribution in [2.45, 2.75) is 20.4 Å². The zero-order chi connectivity index (χ0) is 13.1. The number of carboxylic acid groups (broad SMARTS) is 1. The number of nitrogens with zero attached hydrogens (tertiary/aromatic N) is 3. The molecule has 0 amide bonds. The highest BCUT2D eigenvalue weighted by atomic mass is 16.4. The molecule has 0 saturated carbocycles. The number of pyridine rings is 1. The fourth-order valence-corrected chi connectivity index (χ4v) is 1.56. The molecule has 0 radical (unpaired) electrons. The molecular formula is C12H14N4O2. The van der Waals surface area contributed by atoms with E-state index in [2.05, 4.69) is 15.4 Å². The van der Waals surface area contributed by atoms with Crippen molar-refractivity contribution in [3.8, 4) is 0 Å². The van der Waals surface area contributed by atoms with Gasteiger partial charge in [-0.1, -0.05) is 0 Å². The standard InChI is InChI=1S/C12H14N4O2/c1-3-16-7-9(6-13-16)15-11-10(12(17)18)5-4-8(2)14-11/h4-7H,3H2,1-2H3,(H,14,15)(H,17,18). The summed E-state index contributed by atoms with van der Waals surface area (Å²) < 4.78 is 1.75. The lowest BCUT2D eigenvalue weighted by Crippen LogP contribution is -2.05. The maximum atomic E-state index is 11.1. The van der Waals surface area contributed by atoms with Crippen LogP contribution in [0.5, 0.6) is 0 Å². The largest absolute Gasteiger partial charge is 0.478 e. The molecule has 0 atom stereocenters. The summed E-state index contributed by atoms with van der Waals surface area (Å²) in [7, 11) is 0. The molecule has 0 saturated heterocycles. The number of nitrogens with one attached hydrogen (secondary N) is 1. The van der Waals surface area contributed by atoms with E-state index in [-0.39, 0.29) is 5.56 Å². The number of aromatic nitrogens is 3. The lowest BCUT2D eigenvalue weighted by molar-refractivity contribution is 0.0697. The van der Waals surface area contributed by atoms with Gasteiger partial charge in [0.25, 0.3) is 0 Å². The molecule has 94 valence electrons. The van der Waals surface area contributed by atoms with E-state index in [0.29, 0.717) is 5.82 Å². The normalized spacial score (nSPS) is 10.3. The third kappa shape index (κ3) is 2.48. The van der Waals surface area contributed by atoms with Gasteiger partial charge in [0.1, 0.15) is 11.4 Å². The first kappa shape index (κ1) is 12.1. The van der Waals surface area contributed by atoms with Gasteiger partial charge in [0, 0.05) is 18.4 Å². The Balaban J connectivity index is 2.32. The van der Waals surface area contributed by atoms with Crippen LogP contribution in [0.4, 0.5) is 11.5 Å². The number of aromatic carboxylic acids is 1. The highest BCUT2D eigenvalue weighted by Gasteiger charge is 2.12. The van der Waals surface area contributed by atoms with Gasteiger partial charge in [-0.25, -0.2) is 9.78 Å². The second-order valence-corrected chi connectivity index (χ2v) is 3.86. The molecule has 0 aliphatic heterocycles. The first-order chi connectivity index (χ1) is 8.60. The molecule has 2 aromatic heterocycles. The van der Waals surface area contributed by atoms with Crippen LogP contribution >= 0.6 is 0 Å². The van der Waals surface area contributed by atoms with Crippen molar-refractivity contribution >= 4 is 17.5 Å². The number of aryl methyl sites for hydroxylation is 2. The summed E-state index contributed by atoms with van der Waals surface area (Å²) in [4.78, 5) is 15.3. The van der Waals surface area contributed by atoms with E-state index < -0.39 is 5.97 Å². The number of hydrogen-bond acceptors (Lipinski definition) is 4. The molecule has 2 aromatic rings. The Labute approximate surface area is 104 Å². The Hall–Kier alpha value is -2.37. The Kier molecular flexibility index (Phi) is 3.27. The van der Waals surface area contributed by atoms with Crippen LogP contribution in [0.25, 0.3) is 0 Å². The van der Waals surface area contributed by atoms with Crippen molar-refractivity contribution in [1.29, 1.82) is 0 Å². The molecule has 6 nitrogen and oxygen atoms in total. The molecule has 0 spiro atoms. The smallest absolute Gasteiger partial charge is 0.339 e. The second kappa shape index (κ2) is 4.87. The Morgan fingerprint density at radius 2 is 2.28 bits per heavy atom. The van der Waals surface area contributed by atoms with E-state index in [1.165, 1.54) is 6.07 Å². The van der Waals surface area contributed by atoms with Crippen molar-refractivity contribution in [3.05, 3.63) is 35.8 Å². The molecule has 0 fully saturated rings. The second-order valence-electron chi connectivity index (χ2n) is 3.86. The van der Waals surface area contributed by atoms with E-state index in [4.69, 9.17) is 5.11 Å². The van der Waals surface area contributed by atoms with Gasteiger partial charge in [-0.05, 0) is 26.0 Å². The molecular weight excluding hydrogens is 232 g/mol. The highest BCUT2D eigenvalue weighted by Crippen LogP contribution is 2.19. The lowest BCUT2D eigenvalue weighted by Gasteiger charge is -2.07. The summed E-state index contributed by atoms with van der Waals surface area (Å²) in [5.41, 5.74) is 1.62. The van der Waals surface area contributed by atoms with E-state index >= 15 is 0 Å². The van der Waals surface area contributed by atoms with Crippen molar-refractivity contribution in [3.63, 3.8) is 0 Å². The molecule has 0 aromatic carbocycles. The molecule has 18 heavy (non-hydrogen) atoms. The third-order valence-corrected chi connectivity index (χ3v) is 2.48. The molecule has 0 bridgehead atoms. The summed E-state index contributed by atoms with van der Waals surface area (Å²) in [6.07, 6.45) is 3.44. The fourth-order valence-electron chi connectivity index (χ4n) is 1.56. The van der Waals surface area contributed by atoms with Crippen LogP contribution in [0.2, 0.25) is 0 Å². The minimum atomic E-state index is -1.01. The van der Waals surface area contributed by atoms with Crippen LogP contribution in [0.1, 0.15) is 23.0 Å². The minimum absolute atomic E-state index is 0.143. The summed E-state index contributed by atoms with van der Waals surface area (Å²) in [6.45, 7) is 4.55. The summed E-state index contributed by atoms with van der Waals surface area (Å²) in [6, 6.07) is 3.21. The van der Waals surface area contributed by atoms with Crippen molar-refractivity contribution in [2.24, 2.45) is 0 Å². The molecule has 6 heteroatoms. The van der Waals surface area contributed by atoms with Gasteiger partial charge in [0.05, 0.1) is 11.9 Å². The SMILES string of the molecule is CCn1cc(Nc2nc(C)ccc2C(=O)O)cn1. The first-order valence-corrected chi connectivity index (χ1v) is 5.60. The van der Waals surface area contributed by atoms with Crippen molar-refractivity contribution < 1.29 is 9.90 Å². The van der Waals surface area contributed by atoms with Crippen LogP contribution < -0.4 is 5.32 Å². The summed E-state index contributed by atoms with van der Waals surface area (Å²) >= 11 is 0. The Morgan fingerprint density at radius 3 is 2.89 bits per heavy atom. The van der Waals surface area contributed by atoms with Gasteiger partial charge >= 0.3 is 5.97 Å². The van der Waals surface area contributed by atoms with Gasteiger partial charge < -0.3 is 10.4 Å². The predicted molar refractivity (Wildman–Crippen MR) is 67.1 cm³/mol. The van der Waals surface area contributed by atoms with Gasteiger partial charge in [0.2, 0.25) is 0 Å². The number of anilines is 2. The van der Waals surface area contributed by atoms with Crippen LogP contribution in [0.15, 0.2) is 24.5 Å². The van der Waals surface area contributed by atoms with E-state index in [1.54, 1.807) is 23.1 Å². The zero-order valence-electron chi connectivity index (χ0n) is 10.2. The topological polar surface area (TPSA) is 80.0 Å². The van der Waals surface area contributed by atoms with E-state index in [0.717, 1.165) is 17.9 Å². The fraction of sp³-hybridized carbons (Fsp3) is 0.250. The number of carbonyl (C=O) groups is 1. The maximum Gasteiger partial charge on any atom is 0.339 e. The monoisotopic (exact) mass is 246 g/mol. The predicted octanol–water partition coefficient (Wildman–Crippen LogP) is 2.05. The average molecular weight is 246 g/mol. The van der Waals surface area contributed by atoms with Crippen LogP contribution in [-0.4, -0.2) is 25.8 Å². The van der Waals surface area contributed by atoms with Crippen LogP contribution in [0.3, 0.4) is 0 Å². The highest BCUT2D eigenvalue weighted by molar-refractivity contribution is 5.93. The molecule has 0 unspecified atom stereocenters. The Bertz CT molecular complexity index is 577. The van der Waals surface area contributed by atoms with Crippen LogP contribution in [0, 0.1) is 6.92 Å². The zero-order valence-corrected chi connectivity index (χ0v) is 10.2. The maximum absolute atomic E-state index is 11.1. The van der Waals surface area contributed by atoms with Gasteiger partial charge in [-0.15, -0.1) is 0 Å².